The first-order chi connectivity index (χ1) is 11.1. The Bertz CT molecular complexity index is 886. The minimum atomic E-state index is 0.160. The van der Waals surface area contributed by atoms with Gasteiger partial charge in [-0.3, -0.25) is 4.40 Å². The number of nitrogens with zero attached hydrogens (tertiary/aromatic N) is 4. The Morgan fingerprint density at radius 1 is 1.22 bits per heavy atom. The van der Waals surface area contributed by atoms with Crippen LogP contribution in [0.4, 0.5) is 5.82 Å². The van der Waals surface area contributed by atoms with Crippen molar-refractivity contribution in [2.75, 3.05) is 11.9 Å². The summed E-state index contributed by atoms with van der Waals surface area (Å²) in [6, 6.07) is 4.50. The van der Waals surface area contributed by atoms with Gasteiger partial charge >= 0.3 is 0 Å². The van der Waals surface area contributed by atoms with Crippen molar-refractivity contribution >= 4 is 11.5 Å². The molecule has 118 valence electrons. The van der Waals surface area contributed by atoms with E-state index in [0.717, 1.165) is 29.5 Å². The number of rotatable bonds is 2. The Labute approximate surface area is 134 Å². The van der Waals surface area contributed by atoms with Gasteiger partial charge in [-0.15, -0.1) is 10.2 Å². The molecule has 1 aliphatic heterocycles. The molecule has 0 saturated heterocycles. The zero-order chi connectivity index (χ0) is 16.0. The van der Waals surface area contributed by atoms with Gasteiger partial charge in [0.2, 0.25) is 5.65 Å². The fourth-order valence-electron chi connectivity index (χ4n) is 3.24. The predicted octanol–water partition coefficient (Wildman–Crippen LogP) is 2.99. The van der Waals surface area contributed by atoms with Crippen molar-refractivity contribution in [3.05, 3.63) is 47.0 Å². The van der Waals surface area contributed by atoms with Gasteiger partial charge in [-0.1, -0.05) is 17.7 Å². The fourth-order valence-corrected chi connectivity index (χ4v) is 3.24. The second-order valence-electron chi connectivity index (χ2n) is 6.05. The summed E-state index contributed by atoms with van der Waals surface area (Å²) in [6.45, 7) is 6.83. The van der Waals surface area contributed by atoms with E-state index in [-0.39, 0.29) is 6.04 Å². The lowest BCUT2D eigenvalue weighted by Gasteiger charge is -2.28. The van der Waals surface area contributed by atoms with Crippen molar-refractivity contribution in [1.82, 2.24) is 19.6 Å². The zero-order valence-electron chi connectivity index (χ0n) is 13.5. The van der Waals surface area contributed by atoms with Crippen LogP contribution in [0.15, 0.2) is 24.5 Å². The predicted molar refractivity (Wildman–Crippen MR) is 87.9 cm³/mol. The summed E-state index contributed by atoms with van der Waals surface area (Å²) in [5.41, 5.74) is 4.36. The molecule has 0 aliphatic carbocycles. The molecule has 4 rings (SSSR count). The summed E-state index contributed by atoms with van der Waals surface area (Å²) in [7, 11) is 0. The minimum Gasteiger partial charge on any atom is -0.493 e. The Balaban J connectivity index is 1.76. The molecular weight excluding hydrogens is 290 g/mol. The molecule has 2 aromatic heterocycles. The number of hydrogen-bond acceptors (Lipinski definition) is 5. The first-order valence-corrected chi connectivity index (χ1v) is 7.80. The summed E-state index contributed by atoms with van der Waals surface area (Å²) in [4.78, 5) is 4.46. The molecule has 6 heteroatoms. The van der Waals surface area contributed by atoms with Gasteiger partial charge in [-0.25, -0.2) is 4.98 Å². The second-order valence-corrected chi connectivity index (χ2v) is 6.05. The fraction of sp³-hybridized carbons (Fsp3) is 0.353. The van der Waals surface area contributed by atoms with Crippen molar-refractivity contribution in [3.63, 3.8) is 0 Å². The molecule has 1 N–H and O–H groups in total. The van der Waals surface area contributed by atoms with E-state index in [1.54, 1.807) is 6.20 Å². The summed E-state index contributed by atoms with van der Waals surface area (Å²) in [5, 5.41) is 11.9. The van der Waals surface area contributed by atoms with Crippen LogP contribution in [0.5, 0.6) is 5.75 Å². The molecule has 3 heterocycles. The number of ether oxygens (including phenoxy) is 1. The van der Waals surface area contributed by atoms with Crippen LogP contribution in [0.3, 0.4) is 0 Å². The van der Waals surface area contributed by atoms with E-state index in [1.165, 1.54) is 16.7 Å². The van der Waals surface area contributed by atoms with E-state index in [9.17, 15) is 0 Å². The number of hydrogen-bond donors (Lipinski definition) is 1. The molecule has 23 heavy (non-hydrogen) atoms. The second kappa shape index (κ2) is 5.22. The monoisotopic (exact) mass is 309 g/mol. The van der Waals surface area contributed by atoms with Gasteiger partial charge in [-0.05, 0) is 26.3 Å². The van der Waals surface area contributed by atoms with E-state index in [2.05, 4.69) is 46.5 Å². The topological polar surface area (TPSA) is 64.3 Å². The summed E-state index contributed by atoms with van der Waals surface area (Å²) in [6.07, 6.45) is 4.54. The van der Waals surface area contributed by atoms with Gasteiger partial charge in [0.15, 0.2) is 5.82 Å². The number of anilines is 1. The van der Waals surface area contributed by atoms with E-state index in [4.69, 9.17) is 4.74 Å². The first kappa shape index (κ1) is 14.0. The maximum Gasteiger partial charge on any atom is 0.203 e. The van der Waals surface area contributed by atoms with E-state index >= 15 is 0 Å². The Kier molecular flexibility index (Phi) is 3.18. The summed E-state index contributed by atoms with van der Waals surface area (Å²) in [5.74, 6) is 2.60. The van der Waals surface area contributed by atoms with Gasteiger partial charge in [0.05, 0.1) is 12.6 Å². The van der Waals surface area contributed by atoms with Crippen molar-refractivity contribution in [2.24, 2.45) is 0 Å². The number of aromatic nitrogens is 4. The molecule has 1 aliphatic rings. The third kappa shape index (κ3) is 2.30. The first-order valence-electron chi connectivity index (χ1n) is 7.80. The van der Waals surface area contributed by atoms with E-state index in [1.807, 2.05) is 17.5 Å². The van der Waals surface area contributed by atoms with Gasteiger partial charge in [0.1, 0.15) is 11.6 Å². The van der Waals surface area contributed by atoms with E-state index < -0.39 is 0 Å². The average Bonchev–Trinajstić information content (AvgIpc) is 2.91. The highest BCUT2D eigenvalue weighted by molar-refractivity contribution is 5.63. The highest BCUT2D eigenvalue weighted by atomic mass is 16.5. The Morgan fingerprint density at radius 2 is 2.09 bits per heavy atom. The molecule has 1 atom stereocenters. The molecule has 0 radical (unpaired) electrons. The van der Waals surface area contributed by atoms with Crippen LogP contribution in [0.25, 0.3) is 5.65 Å². The van der Waals surface area contributed by atoms with Crippen LogP contribution in [-0.4, -0.2) is 26.2 Å². The molecule has 0 spiro atoms. The molecule has 3 aromatic rings. The SMILES string of the molecule is Cc1cc(C)c2c(c1)C(Nc1nccn3c(C)nnc13)CCO2. The molecule has 0 bridgehead atoms. The third-order valence-electron chi connectivity index (χ3n) is 4.28. The minimum absolute atomic E-state index is 0.160. The van der Waals surface area contributed by atoms with Crippen LogP contribution in [-0.2, 0) is 0 Å². The summed E-state index contributed by atoms with van der Waals surface area (Å²) < 4.78 is 7.82. The van der Waals surface area contributed by atoms with E-state index in [0.29, 0.717) is 6.61 Å². The van der Waals surface area contributed by atoms with Gasteiger partial charge in [-0.2, -0.15) is 0 Å². The smallest absolute Gasteiger partial charge is 0.203 e. The van der Waals surface area contributed by atoms with Crippen molar-refractivity contribution in [1.29, 1.82) is 0 Å². The Morgan fingerprint density at radius 3 is 2.96 bits per heavy atom. The maximum atomic E-state index is 5.88. The van der Waals surface area contributed by atoms with Gasteiger partial charge < -0.3 is 10.1 Å². The van der Waals surface area contributed by atoms with Crippen molar-refractivity contribution in [3.8, 4) is 5.75 Å². The molecular formula is C17H19N5O. The Hall–Kier alpha value is -2.63. The standard InChI is InChI=1S/C17H19N5O/c1-10-8-11(2)15-13(9-10)14(4-7-23-15)19-16-17-21-20-12(3)22(17)6-5-18-16/h5-6,8-9,14H,4,7H2,1-3H3,(H,18,19). The van der Waals surface area contributed by atoms with Crippen LogP contribution in [0, 0.1) is 20.8 Å². The third-order valence-corrected chi connectivity index (χ3v) is 4.28. The van der Waals surface area contributed by atoms with Crippen LogP contribution in [0.2, 0.25) is 0 Å². The zero-order valence-corrected chi connectivity index (χ0v) is 13.5. The average molecular weight is 309 g/mol. The normalized spacial score (nSPS) is 16.9. The van der Waals surface area contributed by atoms with Crippen LogP contribution >= 0.6 is 0 Å². The lowest BCUT2D eigenvalue weighted by molar-refractivity contribution is 0.272. The highest BCUT2D eigenvalue weighted by Crippen LogP contribution is 2.37. The lowest BCUT2D eigenvalue weighted by Crippen LogP contribution is -2.22. The number of nitrogens with one attached hydrogen (secondary N) is 1. The molecule has 1 unspecified atom stereocenters. The highest BCUT2D eigenvalue weighted by Gasteiger charge is 2.24. The molecule has 0 amide bonds. The van der Waals surface area contributed by atoms with Crippen LogP contribution < -0.4 is 10.1 Å². The van der Waals surface area contributed by atoms with Crippen molar-refractivity contribution in [2.45, 2.75) is 33.2 Å². The van der Waals surface area contributed by atoms with Crippen LogP contribution in [0.1, 0.15) is 35.0 Å². The molecule has 1 aromatic carbocycles. The lowest BCUT2D eigenvalue weighted by atomic mass is 9.96. The summed E-state index contributed by atoms with van der Waals surface area (Å²) >= 11 is 0. The quantitative estimate of drug-likeness (QED) is 0.788. The number of benzene rings is 1. The van der Waals surface area contributed by atoms with Gasteiger partial charge in [0.25, 0.3) is 0 Å². The largest absolute Gasteiger partial charge is 0.493 e. The number of fused-ring (bicyclic) bond motifs is 2. The molecule has 0 saturated carbocycles. The molecule has 6 nitrogen and oxygen atoms in total. The molecule has 0 fully saturated rings. The van der Waals surface area contributed by atoms with Crippen molar-refractivity contribution < 1.29 is 4.74 Å². The maximum absolute atomic E-state index is 5.88. The number of aryl methyl sites for hydroxylation is 3. The van der Waals surface area contributed by atoms with Gasteiger partial charge in [0, 0.05) is 24.4 Å².